The van der Waals surface area contributed by atoms with Crippen LogP contribution >= 0.6 is 11.3 Å². The first kappa shape index (κ1) is 16.1. The molecule has 0 saturated carbocycles. The molecule has 120 valence electrons. The molecule has 1 amide bonds. The number of carbonyl (C=O) groups is 1. The third-order valence-corrected chi connectivity index (χ3v) is 4.32. The number of amides is 1. The summed E-state index contributed by atoms with van der Waals surface area (Å²) in [7, 11) is 0. The van der Waals surface area contributed by atoms with Gasteiger partial charge in [0, 0.05) is 10.9 Å². The van der Waals surface area contributed by atoms with Crippen LogP contribution in [0, 0.1) is 0 Å². The molecule has 1 N–H and O–H groups in total. The average molecular weight is 335 g/mol. The van der Waals surface area contributed by atoms with E-state index in [4.69, 9.17) is 0 Å². The fourth-order valence-electron chi connectivity index (χ4n) is 2.20. The number of hydrazone groups is 1. The summed E-state index contributed by atoms with van der Waals surface area (Å²) in [5.74, 6) is -0.167. The fourth-order valence-corrected chi connectivity index (χ4v) is 3.00. The quantitative estimate of drug-likeness (QED) is 0.568. The van der Waals surface area contributed by atoms with E-state index in [1.807, 2.05) is 73.0 Å². The number of nitrogens with one attached hydrogen (secondary N) is 1. The summed E-state index contributed by atoms with van der Waals surface area (Å²) in [6.07, 6.45) is 0.225. The van der Waals surface area contributed by atoms with Gasteiger partial charge >= 0.3 is 0 Å². The maximum atomic E-state index is 12.0. The number of rotatable bonds is 5. The Morgan fingerprint density at radius 1 is 1.08 bits per heavy atom. The number of carbonyl (C=O) groups excluding carboxylic acids is 1. The molecular weight excluding hydrogens is 318 g/mol. The Labute approximate surface area is 144 Å². The second kappa shape index (κ2) is 7.66. The molecule has 1 aromatic heterocycles. The lowest BCUT2D eigenvalue weighted by molar-refractivity contribution is -0.120. The first-order valence-electron chi connectivity index (χ1n) is 7.61. The van der Waals surface area contributed by atoms with E-state index in [0.29, 0.717) is 0 Å². The molecule has 5 heteroatoms. The van der Waals surface area contributed by atoms with E-state index in [2.05, 4.69) is 15.5 Å². The Bertz CT molecular complexity index is 841. The summed E-state index contributed by atoms with van der Waals surface area (Å²) < 4.78 is 0. The second-order valence-corrected chi connectivity index (χ2v) is 6.21. The molecule has 24 heavy (non-hydrogen) atoms. The van der Waals surface area contributed by atoms with Crippen LogP contribution in [0.3, 0.4) is 0 Å². The predicted molar refractivity (Wildman–Crippen MR) is 98.0 cm³/mol. The predicted octanol–water partition coefficient (Wildman–Crippen LogP) is 3.89. The highest BCUT2D eigenvalue weighted by Crippen LogP contribution is 2.21. The van der Waals surface area contributed by atoms with Crippen LogP contribution in [0.1, 0.15) is 17.5 Å². The van der Waals surface area contributed by atoms with Gasteiger partial charge in [0.25, 0.3) is 0 Å². The largest absolute Gasteiger partial charge is 0.273 e. The van der Waals surface area contributed by atoms with Crippen LogP contribution in [0.15, 0.2) is 71.1 Å². The van der Waals surface area contributed by atoms with Gasteiger partial charge in [-0.2, -0.15) is 5.10 Å². The van der Waals surface area contributed by atoms with E-state index in [1.165, 1.54) is 11.3 Å². The Balaban J connectivity index is 1.61. The van der Waals surface area contributed by atoms with E-state index in [-0.39, 0.29) is 12.3 Å². The van der Waals surface area contributed by atoms with Crippen molar-refractivity contribution >= 4 is 23.0 Å². The Morgan fingerprint density at radius 2 is 1.75 bits per heavy atom. The first-order chi connectivity index (χ1) is 11.7. The van der Waals surface area contributed by atoms with Crippen LogP contribution in [0.5, 0.6) is 0 Å². The Kier molecular flexibility index (Phi) is 5.13. The highest BCUT2D eigenvalue weighted by Gasteiger charge is 2.09. The molecule has 0 aliphatic rings. The minimum atomic E-state index is -0.167. The summed E-state index contributed by atoms with van der Waals surface area (Å²) in [6, 6.07) is 19.7. The summed E-state index contributed by atoms with van der Waals surface area (Å²) >= 11 is 1.48. The molecule has 0 bridgehead atoms. The van der Waals surface area contributed by atoms with Gasteiger partial charge in [-0.1, -0.05) is 60.7 Å². The topological polar surface area (TPSA) is 54.4 Å². The van der Waals surface area contributed by atoms with Gasteiger partial charge in [0.1, 0.15) is 5.01 Å². The molecule has 1 heterocycles. The van der Waals surface area contributed by atoms with Gasteiger partial charge in [-0.25, -0.2) is 10.4 Å². The molecule has 4 nitrogen and oxygen atoms in total. The number of benzene rings is 2. The molecule has 0 fully saturated rings. The normalized spacial score (nSPS) is 11.3. The van der Waals surface area contributed by atoms with E-state index in [1.54, 1.807) is 0 Å². The zero-order valence-electron chi connectivity index (χ0n) is 13.3. The molecule has 0 spiro atoms. The standard InChI is InChI=1S/C19H17N3OS/c1-14(15-8-4-2-5-9-15)21-22-18(23)12-19-20-17(13-24-19)16-10-6-3-7-11-16/h2-11,13H,12H2,1H3,(H,22,23)/b21-14-. The second-order valence-electron chi connectivity index (χ2n) is 5.27. The van der Waals surface area contributed by atoms with Crippen molar-refractivity contribution in [2.45, 2.75) is 13.3 Å². The van der Waals surface area contributed by atoms with Gasteiger partial charge < -0.3 is 0 Å². The zero-order valence-corrected chi connectivity index (χ0v) is 14.1. The molecule has 2 aromatic carbocycles. The minimum absolute atomic E-state index is 0.167. The van der Waals surface area contributed by atoms with Gasteiger partial charge in [-0.05, 0) is 12.5 Å². The molecule has 0 atom stereocenters. The van der Waals surface area contributed by atoms with E-state index < -0.39 is 0 Å². The van der Waals surface area contributed by atoms with Crippen LogP contribution < -0.4 is 5.43 Å². The van der Waals surface area contributed by atoms with Crippen molar-refractivity contribution in [3.63, 3.8) is 0 Å². The zero-order chi connectivity index (χ0) is 16.8. The average Bonchev–Trinajstić information content (AvgIpc) is 3.09. The molecule has 0 radical (unpaired) electrons. The molecule has 3 aromatic rings. The van der Waals surface area contributed by atoms with Crippen molar-refractivity contribution < 1.29 is 4.79 Å². The Hall–Kier alpha value is -2.79. The first-order valence-corrected chi connectivity index (χ1v) is 8.49. The van der Waals surface area contributed by atoms with Crippen LogP contribution in [-0.4, -0.2) is 16.6 Å². The molecule has 0 unspecified atom stereocenters. The monoisotopic (exact) mass is 335 g/mol. The highest BCUT2D eigenvalue weighted by atomic mass is 32.1. The summed E-state index contributed by atoms with van der Waals surface area (Å²) in [5.41, 5.74) is 6.30. The lowest BCUT2D eigenvalue weighted by Crippen LogP contribution is -2.21. The van der Waals surface area contributed by atoms with Gasteiger partial charge in [-0.15, -0.1) is 11.3 Å². The molecule has 0 aliphatic carbocycles. The summed E-state index contributed by atoms with van der Waals surface area (Å²) in [4.78, 5) is 16.6. The number of hydrogen-bond acceptors (Lipinski definition) is 4. The summed E-state index contributed by atoms with van der Waals surface area (Å²) in [5, 5.41) is 6.89. The fraction of sp³-hybridized carbons (Fsp3) is 0.105. The number of thiazole rings is 1. The van der Waals surface area contributed by atoms with Gasteiger partial charge in [0.05, 0.1) is 17.8 Å². The third kappa shape index (κ3) is 4.14. The molecule has 0 saturated heterocycles. The molecular formula is C19H17N3OS. The lowest BCUT2D eigenvalue weighted by atomic mass is 10.1. The van der Waals surface area contributed by atoms with Crippen molar-refractivity contribution in [2.24, 2.45) is 5.10 Å². The van der Waals surface area contributed by atoms with Crippen molar-refractivity contribution in [3.8, 4) is 11.3 Å². The summed E-state index contributed by atoms with van der Waals surface area (Å²) in [6.45, 7) is 1.87. The molecule has 3 rings (SSSR count). The number of hydrogen-bond donors (Lipinski definition) is 1. The van der Waals surface area contributed by atoms with E-state index in [9.17, 15) is 4.79 Å². The highest BCUT2D eigenvalue weighted by molar-refractivity contribution is 7.10. The number of aromatic nitrogens is 1. The third-order valence-electron chi connectivity index (χ3n) is 3.47. The lowest BCUT2D eigenvalue weighted by Gasteiger charge is -2.01. The maximum Gasteiger partial charge on any atom is 0.246 e. The Morgan fingerprint density at radius 3 is 2.46 bits per heavy atom. The van der Waals surface area contributed by atoms with Crippen LogP contribution in [-0.2, 0) is 11.2 Å². The van der Waals surface area contributed by atoms with E-state index in [0.717, 1.165) is 27.5 Å². The SMILES string of the molecule is C/C(=N/NC(=O)Cc1nc(-c2ccccc2)cs1)c1ccccc1. The van der Waals surface area contributed by atoms with Gasteiger partial charge in [0.15, 0.2) is 0 Å². The van der Waals surface area contributed by atoms with Crippen molar-refractivity contribution in [2.75, 3.05) is 0 Å². The van der Waals surface area contributed by atoms with Crippen LogP contribution in [0.25, 0.3) is 11.3 Å². The van der Waals surface area contributed by atoms with Crippen molar-refractivity contribution in [1.82, 2.24) is 10.4 Å². The van der Waals surface area contributed by atoms with Gasteiger partial charge in [0.2, 0.25) is 5.91 Å². The minimum Gasteiger partial charge on any atom is -0.273 e. The van der Waals surface area contributed by atoms with Crippen LogP contribution in [0.4, 0.5) is 0 Å². The van der Waals surface area contributed by atoms with Crippen LogP contribution in [0.2, 0.25) is 0 Å². The maximum absolute atomic E-state index is 12.0. The smallest absolute Gasteiger partial charge is 0.246 e. The van der Waals surface area contributed by atoms with Gasteiger partial charge in [-0.3, -0.25) is 4.79 Å². The van der Waals surface area contributed by atoms with Crippen molar-refractivity contribution in [3.05, 3.63) is 76.6 Å². The number of nitrogens with zero attached hydrogens (tertiary/aromatic N) is 2. The molecule has 0 aliphatic heterocycles. The van der Waals surface area contributed by atoms with E-state index >= 15 is 0 Å². The van der Waals surface area contributed by atoms with Crippen molar-refractivity contribution in [1.29, 1.82) is 0 Å².